The maximum absolute atomic E-state index is 12.2. The van der Waals surface area contributed by atoms with Crippen molar-refractivity contribution in [2.75, 3.05) is 18.8 Å². The molecule has 3 nitrogen and oxygen atoms in total. The van der Waals surface area contributed by atoms with Crippen LogP contribution in [0.1, 0.15) is 33.0 Å². The lowest BCUT2D eigenvalue weighted by molar-refractivity contribution is 0.0935. The maximum atomic E-state index is 12.2. The van der Waals surface area contributed by atoms with Crippen molar-refractivity contribution < 1.29 is 4.79 Å². The summed E-state index contributed by atoms with van der Waals surface area (Å²) in [4.78, 5) is 14.5. The molecule has 0 saturated carbocycles. The third-order valence-corrected chi connectivity index (χ3v) is 5.73. The van der Waals surface area contributed by atoms with E-state index in [4.69, 9.17) is 0 Å². The average Bonchev–Trinajstić information content (AvgIpc) is 2.84. The zero-order chi connectivity index (χ0) is 12.4. The Kier molecular flexibility index (Phi) is 3.91. The van der Waals surface area contributed by atoms with Crippen molar-refractivity contribution in [2.45, 2.75) is 31.1 Å². The van der Waals surface area contributed by atoms with Crippen molar-refractivity contribution in [1.29, 1.82) is 0 Å². The minimum atomic E-state index is 0.119. The molecule has 0 aliphatic carbocycles. The number of carbonyl (C=O) groups excluding carboxylic acids is 1. The number of hydrogen-bond donors (Lipinski definition) is 2. The molecule has 1 saturated heterocycles. The molecular formula is C13H18N2OS2. The van der Waals surface area contributed by atoms with Gasteiger partial charge in [0.15, 0.2) is 0 Å². The lowest BCUT2D eigenvalue weighted by Gasteiger charge is -2.23. The zero-order valence-corrected chi connectivity index (χ0v) is 12.0. The predicted octanol–water partition coefficient (Wildman–Crippen LogP) is 2.02. The molecule has 2 aliphatic heterocycles. The second-order valence-corrected chi connectivity index (χ2v) is 7.12. The number of amides is 1. The van der Waals surface area contributed by atoms with Crippen LogP contribution in [-0.4, -0.2) is 30.8 Å². The molecule has 98 valence electrons. The summed E-state index contributed by atoms with van der Waals surface area (Å²) < 4.78 is 0. The van der Waals surface area contributed by atoms with Gasteiger partial charge >= 0.3 is 0 Å². The Hall–Kier alpha value is -0.520. The highest BCUT2D eigenvalue weighted by Gasteiger charge is 2.20. The van der Waals surface area contributed by atoms with Crippen molar-refractivity contribution in [3.63, 3.8) is 0 Å². The van der Waals surface area contributed by atoms with E-state index in [1.54, 1.807) is 11.3 Å². The van der Waals surface area contributed by atoms with Crippen LogP contribution in [0, 0.1) is 0 Å². The summed E-state index contributed by atoms with van der Waals surface area (Å²) in [6, 6.07) is 2.40. The number of aryl methyl sites for hydroxylation is 1. The molecule has 1 fully saturated rings. The number of rotatable bonds is 2. The molecule has 0 radical (unpaired) electrons. The Labute approximate surface area is 116 Å². The Bertz CT molecular complexity index is 415. The van der Waals surface area contributed by atoms with E-state index in [2.05, 4.69) is 16.7 Å². The topological polar surface area (TPSA) is 41.1 Å². The Balaban J connectivity index is 1.66. The van der Waals surface area contributed by atoms with Crippen molar-refractivity contribution in [3.05, 3.63) is 21.4 Å². The first-order valence-corrected chi connectivity index (χ1v) is 8.51. The lowest BCUT2D eigenvalue weighted by Crippen LogP contribution is -2.45. The number of hydrogen-bond acceptors (Lipinski definition) is 4. The standard InChI is InChI=1S/C13H18N2OS2/c16-13(15-10-2-1-4-14-7-10)12-6-9-8-17-5-3-11(9)18-12/h6,10,14H,1-5,7-8H2,(H,15,16). The molecule has 1 amide bonds. The largest absolute Gasteiger partial charge is 0.347 e. The van der Waals surface area contributed by atoms with E-state index >= 15 is 0 Å². The zero-order valence-electron chi connectivity index (χ0n) is 10.3. The van der Waals surface area contributed by atoms with Gasteiger partial charge in [0.25, 0.3) is 5.91 Å². The van der Waals surface area contributed by atoms with Crippen LogP contribution < -0.4 is 10.6 Å². The number of thioether (sulfide) groups is 1. The molecule has 0 aromatic carbocycles. The molecule has 2 N–H and O–H groups in total. The highest BCUT2D eigenvalue weighted by Crippen LogP contribution is 2.31. The molecule has 5 heteroatoms. The first-order chi connectivity index (χ1) is 8.83. The predicted molar refractivity (Wildman–Crippen MR) is 77.5 cm³/mol. The van der Waals surface area contributed by atoms with E-state index < -0.39 is 0 Å². The monoisotopic (exact) mass is 282 g/mol. The Morgan fingerprint density at radius 2 is 2.44 bits per heavy atom. The van der Waals surface area contributed by atoms with Gasteiger partial charge in [0.1, 0.15) is 0 Å². The van der Waals surface area contributed by atoms with Crippen LogP contribution in [0.3, 0.4) is 0 Å². The molecule has 3 rings (SSSR count). The summed E-state index contributed by atoms with van der Waals surface area (Å²) in [7, 11) is 0. The molecule has 0 bridgehead atoms. The molecule has 0 spiro atoms. The Morgan fingerprint density at radius 3 is 3.22 bits per heavy atom. The van der Waals surface area contributed by atoms with Crippen molar-refractivity contribution >= 4 is 29.0 Å². The van der Waals surface area contributed by atoms with Crippen LogP contribution in [0.15, 0.2) is 6.07 Å². The first-order valence-electron chi connectivity index (χ1n) is 6.54. The molecule has 18 heavy (non-hydrogen) atoms. The van der Waals surface area contributed by atoms with Crippen LogP contribution in [0.25, 0.3) is 0 Å². The van der Waals surface area contributed by atoms with E-state index in [1.165, 1.54) is 16.2 Å². The van der Waals surface area contributed by atoms with Gasteiger partial charge in [0.05, 0.1) is 4.88 Å². The SMILES string of the molecule is O=C(NC1CCCNC1)c1cc2c(s1)CCSC2. The highest BCUT2D eigenvalue weighted by atomic mass is 32.2. The van der Waals surface area contributed by atoms with Gasteiger partial charge in [0, 0.05) is 23.2 Å². The summed E-state index contributed by atoms with van der Waals surface area (Å²) in [5, 5.41) is 6.47. The second kappa shape index (κ2) is 5.63. The van der Waals surface area contributed by atoms with Crippen LogP contribution in [0.2, 0.25) is 0 Å². The normalized spacial score (nSPS) is 23.4. The van der Waals surface area contributed by atoms with Gasteiger partial charge in [0.2, 0.25) is 0 Å². The van der Waals surface area contributed by atoms with E-state index in [0.29, 0.717) is 6.04 Å². The molecule has 2 aliphatic rings. The second-order valence-electron chi connectivity index (χ2n) is 4.88. The van der Waals surface area contributed by atoms with Gasteiger partial charge in [-0.15, -0.1) is 11.3 Å². The Morgan fingerprint density at radius 1 is 1.50 bits per heavy atom. The first kappa shape index (κ1) is 12.5. The van der Waals surface area contributed by atoms with Gasteiger partial charge in [-0.05, 0) is 43.2 Å². The van der Waals surface area contributed by atoms with Gasteiger partial charge in [-0.3, -0.25) is 4.79 Å². The van der Waals surface area contributed by atoms with Crippen LogP contribution in [0.4, 0.5) is 0 Å². The number of piperidine rings is 1. The molecular weight excluding hydrogens is 264 g/mol. The fourth-order valence-corrected chi connectivity index (χ4v) is 4.77. The molecule has 1 atom stereocenters. The van der Waals surface area contributed by atoms with E-state index in [0.717, 1.165) is 43.0 Å². The molecule has 1 aromatic rings. The van der Waals surface area contributed by atoms with Crippen molar-refractivity contribution in [2.24, 2.45) is 0 Å². The van der Waals surface area contributed by atoms with Gasteiger partial charge in [-0.2, -0.15) is 11.8 Å². The molecule has 3 heterocycles. The fraction of sp³-hybridized carbons (Fsp3) is 0.615. The summed E-state index contributed by atoms with van der Waals surface area (Å²) in [6.07, 6.45) is 3.38. The number of carbonyl (C=O) groups is 1. The summed E-state index contributed by atoms with van der Waals surface area (Å²) in [5.74, 6) is 2.39. The third kappa shape index (κ3) is 2.73. The van der Waals surface area contributed by atoms with Gasteiger partial charge in [-0.25, -0.2) is 0 Å². The number of fused-ring (bicyclic) bond motifs is 1. The van der Waals surface area contributed by atoms with Crippen LogP contribution in [0.5, 0.6) is 0 Å². The number of nitrogens with one attached hydrogen (secondary N) is 2. The van der Waals surface area contributed by atoms with E-state index in [9.17, 15) is 4.79 Å². The average molecular weight is 282 g/mol. The summed E-state index contributed by atoms with van der Waals surface area (Å²) in [5.41, 5.74) is 1.38. The smallest absolute Gasteiger partial charge is 0.261 e. The molecule has 1 unspecified atom stereocenters. The highest BCUT2D eigenvalue weighted by molar-refractivity contribution is 7.98. The fourth-order valence-electron chi connectivity index (χ4n) is 2.49. The third-order valence-electron chi connectivity index (χ3n) is 3.48. The van der Waals surface area contributed by atoms with Crippen LogP contribution in [-0.2, 0) is 12.2 Å². The maximum Gasteiger partial charge on any atom is 0.261 e. The summed E-state index contributed by atoms with van der Waals surface area (Å²) >= 11 is 3.65. The van der Waals surface area contributed by atoms with Gasteiger partial charge < -0.3 is 10.6 Å². The van der Waals surface area contributed by atoms with E-state index in [-0.39, 0.29) is 5.91 Å². The van der Waals surface area contributed by atoms with Crippen LogP contribution >= 0.6 is 23.1 Å². The van der Waals surface area contributed by atoms with E-state index in [1.807, 2.05) is 11.8 Å². The van der Waals surface area contributed by atoms with Crippen molar-refractivity contribution in [1.82, 2.24) is 10.6 Å². The minimum absolute atomic E-state index is 0.119. The molecule has 1 aromatic heterocycles. The summed E-state index contributed by atoms with van der Waals surface area (Å²) in [6.45, 7) is 1.99. The van der Waals surface area contributed by atoms with Crippen molar-refractivity contribution in [3.8, 4) is 0 Å². The quantitative estimate of drug-likeness (QED) is 0.872. The number of thiophene rings is 1. The lowest BCUT2D eigenvalue weighted by atomic mass is 10.1. The minimum Gasteiger partial charge on any atom is -0.347 e. The van der Waals surface area contributed by atoms with Gasteiger partial charge in [-0.1, -0.05) is 0 Å².